The van der Waals surface area contributed by atoms with E-state index >= 15 is 0 Å². The van der Waals surface area contributed by atoms with Crippen molar-refractivity contribution in [3.63, 3.8) is 0 Å². The average molecular weight is 529 g/mol. The third kappa shape index (κ3) is 5.06. The van der Waals surface area contributed by atoms with Crippen LogP contribution >= 0.6 is 34.5 Å². The van der Waals surface area contributed by atoms with Gasteiger partial charge in [0, 0.05) is 33.4 Å². The van der Waals surface area contributed by atoms with E-state index in [1.807, 2.05) is 6.07 Å². The number of rotatable bonds is 4. The zero-order valence-corrected chi connectivity index (χ0v) is 22.1. The Morgan fingerprint density at radius 2 is 1.86 bits per heavy atom. The lowest BCUT2D eigenvalue weighted by atomic mass is 9.72. The normalized spacial score (nSPS) is 17.0. The highest BCUT2D eigenvalue weighted by molar-refractivity contribution is 7.16. The van der Waals surface area contributed by atoms with Gasteiger partial charge in [-0.15, -0.1) is 11.3 Å². The van der Waals surface area contributed by atoms with Crippen molar-refractivity contribution in [2.75, 3.05) is 12.1 Å². The van der Waals surface area contributed by atoms with E-state index in [4.69, 9.17) is 37.7 Å². The van der Waals surface area contributed by atoms with Gasteiger partial charge in [-0.1, -0.05) is 44.0 Å². The lowest BCUT2D eigenvalue weighted by Gasteiger charge is -2.33. The van der Waals surface area contributed by atoms with E-state index in [-0.39, 0.29) is 18.1 Å². The predicted molar refractivity (Wildman–Crippen MR) is 144 cm³/mol. The molecular weight excluding hydrogens is 503 g/mol. The highest BCUT2D eigenvalue weighted by atomic mass is 35.5. The molecule has 1 amide bonds. The van der Waals surface area contributed by atoms with Gasteiger partial charge in [-0.2, -0.15) is 0 Å². The SMILES string of the molecule is CC(C)(C)[C@@H]1CCc2c(sc(N=Cc3cc4c(cc3Cl)OCO4)c2C(=O)Nc2ccc(Cl)cc2)C1. The molecule has 1 aliphatic carbocycles. The van der Waals surface area contributed by atoms with Crippen molar-refractivity contribution >= 4 is 57.3 Å². The zero-order valence-electron chi connectivity index (χ0n) is 19.8. The molecular formula is C27H26Cl2N2O3S. The third-order valence-electron chi connectivity index (χ3n) is 6.61. The van der Waals surface area contributed by atoms with E-state index in [9.17, 15) is 4.79 Å². The number of thiophene rings is 1. The molecule has 0 saturated carbocycles. The summed E-state index contributed by atoms with van der Waals surface area (Å²) in [6.07, 6.45) is 4.55. The van der Waals surface area contributed by atoms with E-state index in [1.54, 1.807) is 47.9 Å². The Bertz CT molecular complexity index is 1310. The van der Waals surface area contributed by atoms with Crippen LogP contribution in [0.4, 0.5) is 10.7 Å². The second-order valence-corrected chi connectivity index (χ2v) is 11.9. The van der Waals surface area contributed by atoms with E-state index in [0.29, 0.717) is 49.3 Å². The molecule has 8 heteroatoms. The number of benzene rings is 2. The quantitative estimate of drug-likeness (QED) is 0.349. The Balaban J connectivity index is 1.51. The van der Waals surface area contributed by atoms with Crippen LogP contribution in [-0.4, -0.2) is 18.9 Å². The number of aliphatic imine (C=N–C) groups is 1. The molecule has 182 valence electrons. The van der Waals surface area contributed by atoms with E-state index in [2.05, 4.69) is 26.1 Å². The molecule has 1 atom stereocenters. The van der Waals surface area contributed by atoms with Gasteiger partial charge in [-0.25, -0.2) is 4.99 Å². The molecule has 1 N–H and O–H groups in total. The Kier molecular flexibility index (Phi) is 6.55. The predicted octanol–water partition coefficient (Wildman–Crippen LogP) is 7.94. The van der Waals surface area contributed by atoms with Crippen LogP contribution in [0.3, 0.4) is 0 Å². The summed E-state index contributed by atoms with van der Waals surface area (Å²) < 4.78 is 10.9. The van der Waals surface area contributed by atoms with E-state index in [1.165, 1.54) is 4.88 Å². The summed E-state index contributed by atoms with van der Waals surface area (Å²) in [5.74, 6) is 1.65. The first-order chi connectivity index (χ1) is 16.7. The fraction of sp³-hybridized carbons (Fsp3) is 0.333. The number of amides is 1. The molecule has 0 bridgehead atoms. The van der Waals surface area contributed by atoms with Gasteiger partial charge in [-0.05, 0) is 66.5 Å². The summed E-state index contributed by atoms with van der Waals surface area (Å²) >= 11 is 14.1. The number of carbonyl (C=O) groups excluding carboxylic acids is 1. The molecule has 1 aliphatic heterocycles. The number of nitrogens with one attached hydrogen (secondary N) is 1. The molecule has 5 rings (SSSR count). The number of anilines is 1. The average Bonchev–Trinajstić information content (AvgIpc) is 3.41. The number of hydrogen-bond donors (Lipinski definition) is 1. The monoisotopic (exact) mass is 528 g/mol. The van der Waals surface area contributed by atoms with E-state index in [0.717, 1.165) is 24.8 Å². The van der Waals surface area contributed by atoms with Crippen molar-refractivity contribution in [2.45, 2.75) is 40.0 Å². The van der Waals surface area contributed by atoms with Gasteiger partial charge in [0.2, 0.25) is 6.79 Å². The van der Waals surface area contributed by atoms with Crippen LogP contribution in [0.1, 0.15) is 53.6 Å². The van der Waals surface area contributed by atoms with Gasteiger partial charge in [0.15, 0.2) is 11.5 Å². The highest BCUT2D eigenvalue weighted by Crippen LogP contribution is 2.45. The summed E-state index contributed by atoms with van der Waals surface area (Å²) in [5, 5.41) is 4.84. The first-order valence-electron chi connectivity index (χ1n) is 11.5. The van der Waals surface area contributed by atoms with Gasteiger partial charge < -0.3 is 14.8 Å². The minimum absolute atomic E-state index is 0.164. The lowest BCUT2D eigenvalue weighted by molar-refractivity contribution is 0.102. The molecule has 5 nitrogen and oxygen atoms in total. The summed E-state index contributed by atoms with van der Waals surface area (Å²) in [4.78, 5) is 19.5. The van der Waals surface area contributed by atoms with Gasteiger partial charge in [0.05, 0.1) is 10.6 Å². The number of nitrogens with zero attached hydrogens (tertiary/aromatic N) is 1. The summed E-state index contributed by atoms with van der Waals surface area (Å²) in [6.45, 7) is 7.02. The second-order valence-electron chi connectivity index (χ2n) is 9.94. The van der Waals surface area contributed by atoms with Crippen LogP contribution in [0.25, 0.3) is 0 Å². The van der Waals surface area contributed by atoms with Gasteiger partial charge in [0.1, 0.15) is 5.00 Å². The van der Waals surface area contributed by atoms with Crippen LogP contribution in [0.5, 0.6) is 11.5 Å². The van der Waals surface area contributed by atoms with Crippen LogP contribution in [0.15, 0.2) is 41.4 Å². The molecule has 35 heavy (non-hydrogen) atoms. The van der Waals surface area contributed by atoms with Crippen LogP contribution in [0, 0.1) is 11.3 Å². The molecule has 0 fully saturated rings. The molecule has 0 spiro atoms. The largest absolute Gasteiger partial charge is 0.454 e. The molecule has 1 aromatic heterocycles. The maximum absolute atomic E-state index is 13.5. The number of carbonyl (C=O) groups is 1. The Labute approximate surface area is 219 Å². The number of hydrogen-bond acceptors (Lipinski definition) is 5. The van der Waals surface area contributed by atoms with Crippen molar-refractivity contribution in [1.82, 2.24) is 0 Å². The molecule has 0 saturated heterocycles. The minimum atomic E-state index is -0.164. The van der Waals surface area contributed by atoms with Crippen molar-refractivity contribution in [3.05, 3.63) is 68.0 Å². The Hall–Kier alpha value is -2.54. The molecule has 2 heterocycles. The molecule has 0 unspecified atom stereocenters. The van der Waals surface area contributed by atoms with Crippen LogP contribution in [-0.2, 0) is 12.8 Å². The molecule has 2 aliphatic rings. The second kappa shape index (κ2) is 9.49. The zero-order chi connectivity index (χ0) is 24.7. The maximum Gasteiger partial charge on any atom is 0.259 e. The molecule has 3 aromatic rings. The first-order valence-corrected chi connectivity index (χ1v) is 13.1. The minimum Gasteiger partial charge on any atom is -0.454 e. The van der Waals surface area contributed by atoms with Crippen molar-refractivity contribution < 1.29 is 14.3 Å². The van der Waals surface area contributed by atoms with Crippen molar-refractivity contribution in [2.24, 2.45) is 16.3 Å². The maximum atomic E-state index is 13.5. The van der Waals surface area contributed by atoms with Crippen LogP contribution in [0.2, 0.25) is 10.0 Å². The number of ether oxygens (including phenoxy) is 2. The highest BCUT2D eigenvalue weighted by Gasteiger charge is 2.33. The molecule has 0 radical (unpaired) electrons. The standard InChI is InChI=1S/C27H26Cl2N2O3S/c1-27(2,3)16-4-9-19-23(11-16)35-26(24(19)25(32)31-18-7-5-17(28)6-8-18)30-13-15-10-21-22(12-20(15)29)34-14-33-21/h5-8,10,12-13,16H,4,9,11,14H2,1-3H3,(H,31,32)/t16-/m1/s1. The number of fused-ring (bicyclic) bond motifs is 2. The lowest BCUT2D eigenvalue weighted by Crippen LogP contribution is -2.27. The Morgan fingerprint density at radius 3 is 2.57 bits per heavy atom. The fourth-order valence-electron chi connectivity index (χ4n) is 4.52. The van der Waals surface area contributed by atoms with Gasteiger partial charge in [0.25, 0.3) is 5.91 Å². The number of halogens is 2. The fourth-order valence-corrected chi connectivity index (χ4v) is 6.12. The topological polar surface area (TPSA) is 59.9 Å². The Morgan fingerprint density at radius 1 is 1.14 bits per heavy atom. The summed E-state index contributed by atoms with van der Waals surface area (Å²) in [5.41, 5.74) is 3.35. The van der Waals surface area contributed by atoms with Crippen LogP contribution < -0.4 is 14.8 Å². The van der Waals surface area contributed by atoms with E-state index < -0.39 is 0 Å². The van der Waals surface area contributed by atoms with Gasteiger partial charge in [-0.3, -0.25) is 4.79 Å². The first kappa shape index (κ1) is 24.2. The van der Waals surface area contributed by atoms with Gasteiger partial charge >= 0.3 is 0 Å². The summed E-state index contributed by atoms with van der Waals surface area (Å²) in [7, 11) is 0. The molecule has 2 aromatic carbocycles. The van der Waals surface area contributed by atoms with Crippen molar-refractivity contribution in [3.8, 4) is 11.5 Å². The van der Waals surface area contributed by atoms with Crippen molar-refractivity contribution in [1.29, 1.82) is 0 Å². The third-order valence-corrected chi connectivity index (χ3v) is 8.36. The summed E-state index contributed by atoms with van der Waals surface area (Å²) in [6, 6.07) is 10.6. The smallest absolute Gasteiger partial charge is 0.259 e.